The van der Waals surface area contributed by atoms with Crippen molar-refractivity contribution in [3.63, 3.8) is 0 Å². The van der Waals surface area contributed by atoms with E-state index in [2.05, 4.69) is 29.6 Å². The normalized spacial score (nSPS) is 12.5. The van der Waals surface area contributed by atoms with Crippen LogP contribution in [0, 0.1) is 0 Å². The maximum Gasteiger partial charge on any atom is 0.407 e. The minimum atomic E-state index is -0.781. The molecule has 1 N–H and O–H groups in total. The first-order chi connectivity index (χ1) is 17.1. The largest absolute Gasteiger partial charge is 0.497 e. The molecular formula is C29H33NO5S. The Hall–Kier alpha value is -3.45. The number of ether oxygens (including phenoxy) is 3. The number of hydrogen-bond donors (Lipinski definition) is 1. The summed E-state index contributed by atoms with van der Waals surface area (Å²) in [6, 6.07) is 22.8. The van der Waals surface area contributed by atoms with Gasteiger partial charge < -0.3 is 19.5 Å². The number of thioether (sulfide) groups is 1. The average molecular weight is 508 g/mol. The average Bonchev–Trinajstić information content (AvgIpc) is 3.22. The van der Waals surface area contributed by atoms with Gasteiger partial charge in [-0.3, -0.25) is 0 Å². The summed E-state index contributed by atoms with van der Waals surface area (Å²) in [5.41, 5.74) is 5.44. The van der Waals surface area contributed by atoms with E-state index < -0.39 is 18.1 Å². The molecule has 7 heteroatoms. The molecule has 0 heterocycles. The summed E-state index contributed by atoms with van der Waals surface area (Å²) >= 11 is 1.60. The summed E-state index contributed by atoms with van der Waals surface area (Å²) in [7, 11) is 1.60. The molecule has 0 saturated heterocycles. The molecule has 1 amide bonds. The van der Waals surface area contributed by atoms with Crippen molar-refractivity contribution in [1.29, 1.82) is 0 Å². The van der Waals surface area contributed by atoms with Crippen molar-refractivity contribution in [2.24, 2.45) is 0 Å². The van der Waals surface area contributed by atoms with Crippen LogP contribution in [0.25, 0.3) is 11.1 Å². The quantitative estimate of drug-likeness (QED) is 0.338. The zero-order valence-electron chi connectivity index (χ0n) is 19.9. The van der Waals surface area contributed by atoms with Crippen molar-refractivity contribution in [3.05, 3.63) is 89.5 Å². The number of benzene rings is 3. The van der Waals surface area contributed by atoms with Gasteiger partial charge in [-0.05, 0) is 58.4 Å². The van der Waals surface area contributed by atoms with Gasteiger partial charge in [0.1, 0.15) is 25.0 Å². The Morgan fingerprint density at radius 2 is 1.53 bits per heavy atom. The van der Waals surface area contributed by atoms with Gasteiger partial charge in [0, 0.05) is 5.92 Å². The number of fused-ring (bicyclic) bond motifs is 3. The van der Waals surface area contributed by atoms with Crippen molar-refractivity contribution in [3.8, 4) is 16.9 Å². The van der Waals surface area contributed by atoms with Gasteiger partial charge in [-0.15, -0.1) is 0 Å². The first kappa shape index (κ1) is 27.1. The second-order valence-electron chi connectivity index (χ2n) is 8.26. The number of carbonyl (C=O) groups is 2. The number of nitrogens with one attached hydrogen (secondary N) is 1. The standard InChI is InChI=1S/C28H29NO5S.CH4/c1-32-20-13-11-19(12-14-20)17-33-27(30)26(15-16-35-2)29-28(31)34-18-25-23-9-5-3-7-21(23)22-8-4-6-10-24(22)25;/h3-14,25-26H,15-18H2,1-2H3,(H,29,31);1H4/t26-;/m0./s1. The zero-order valence-corrected chi connectivity index (χ0v) is 20.7. The van der Waals surface area contributed by atoms with Crippen LogP contribution in [0.3, 0.4) is 0 Å². The maximum atomic E-state index is 12.7. The molecule has 190 valence electrons. The number of amides is 1. The van der Waals surface area contributed by atoms with Gasteiger partial charge in [0.2, 0.25) is 0 Å². The number of hydrogen-bond acceptors (Lipinski definition) is 6. The van der Waals surface area contributed by atoms with Crippen molar-refractivity contribution >= 4 is 23.8 Å². The summed E-state index contributed by atoms with van der Waals surface area (Å²) in [5.74, 6) is 0.907. The molecule has 0 bridgehead atoms. The van der Waals surface area contributed by atoms with Crippen LogP contribution >= 0.6 is 11.8 Å². The molecular weight excluding hydrogens is 474 g/mol. The molecule has 0 spiro atoms. The highest BCUT2D eigenvalue weighted by molar-refractivity contribution is 7.98. The second-order valence-corrected chi connectivity index (χ2v) is 9.25. The first-order valence-electron chi connectivity index (χ1n) is 11.5. The highest BCUT2D eigenvalue weighted by Crippen LogP contribution is 2.44. The van der Waals surface area contributed by atoms with E-state index in [4.69, 9.17) is 14.2 Å². The van der Waals surface area contributed by atoms with Crippen molar-refractivity contribution < 1.29 is 23.8 Å². The topological polar surface area (TPSA) is 73.9 Å². The Morgan fingerprint density at radius 3 is 2.11 bits per heavy atom. The van der Waals surface area contributed by atoms with E-state index in [9.17, 15) is 9.59 Å². The predicted octanol–water partition coefficient (Wildman–Crippen LogP) is 6.03. The second kappa shape index (κ2) is 13.0. The number of rotatable bonds is 10. The molecule has 36 heavy (non-hydrogen) atoms. The highest BCUT2D eigenvalue weighted by Gasteiger charge is 2.30. The number of esters is 1. The maximum absolute atomic E-state index is 12.7. The van der Waals surface area contributed by atoms with Crippen LogP contribution in [0.2, 0.25) is 0 Å². The van der Waals surface area contributed by atoms with E-state index in [-0.39, 0.29) is 26.6 Å². The fraction of sp³-hybridized carbons (Fsp3) is 0.310. The summed E-state index contributed by atoms with van der Waals surface area (Å²) in [6.07, 6.45) is 1.78. The minimum absolute atomic E-state index is 0. The van der Waals surface area contributed by atoms with Gasteiger partial charge >= 0.3 is 12.1 Å². The van der Waals surface area contributed by atoms with Crippen LogP contribution in [0.5, 0.6) is 5.75 Å². The fourth-order valence-electron chi connectivity index (χ4n) is 4.24. The summed E-state index contributed by atoms with van der Waals surface area (Å²) in [5, 5.41) is 2.71. The molecule has 3 aromatic carbocycles. The minimum Gasteiger partial charge on any atom is -0.497 e. The van der Waals surface area contributed by atoms with Crippen molar-refractivity contribution in [1.82, 2.24) is 5.32 Å². The Balaban J connectivity index is 0.00000361. The van der Waals surface area contributed by atoms with Gasteiger partial charge in [0.25, 0.3) is 0 Å². The van der Waals surface area contributed by atoms with Crippen LogP contribution in [0.15, 0.2) is 72.8 Å². The highest BCUT2D eigenvalue weighted by atomic mass is 32.2. The molecule has 1 aliphatic rings. The summed E-state index contributed by atoms with van der Waals surface area (Å²) in [6.45, 7) is 0.307. The van der Waals surface area contributed by atoms with Gasteiger partial charge in [0.15, 0.2) is 0 Å². The molecule has 3 aromatic rings. The van der Waals surface area contributed by atoms with Crippen LogP contribution in [-0.4, -0.2) is 43.8 Å². The Labute approximate surface area is 217 Å². The van der Waals surface area contributed by atoms with Gasteiger partial charge in [-0.1, -0.05) is 68.1 Å². The molecule has 0 radical (unpaired) electrons. The Morgan fingerprint density at radius 1 is 0.917 bits per heavy atom. The Kier molecular flexibility index (Phi) is 9.82. The molecule has 1 atom stereocenters. The summed E-state index contributed by atoms with van der Waals surface area (Å²) in [4.78, 5) is 25.4. The van der Waals surface area contributed by atoms with Crippen molar-refractivity contribution in [2.45, 2.75) is 32.4 Å². The van der Waals surface area contributed by atoms with Crippen LogP contribution < -0.4 is 10.1 Å². The van der Waals surface area contributed by atoms with E-state index in [0.29, 0.717) is 12.2 Å². The monoisotopic (exact) mass is 507 g/mol. The lowest BCUT2D eigenvalue weighted by Gasteiger charge is -2.19. The zero-order chi connectivity index (χ0) is 24.6. The SMILES string of the molecule is C.COc1ccc(COC(=O)[C@H](CCSC)NC(=O)OCC2c3ccccc3-c3ccccc32)cc1. The Bertz CT molecular complexity index is 1120. The van der Waals surface area contributed by atoms with Gasteiger partial charge in [-0.25, -0.2) is 9.59 Å². The van der Waals surface area contributed by atoms with E-state index in [1.807, 2.05) is 54.8 Å². The third-order valence-electron chi connectivity index (χ3n) is 6.07. The lowest BCUT2D eigenvalue weighted by Crippen LogP contribution is -2.42. The van der Waals surface area contributed by atoms with Crippen LogP contribution in [-0.2, 0) is 20.9 Å². The number of carbonyl (C=O) groups excluding carboxylic acids is 2. The number of methoxy groups -OCH3 is 1. The molecule has 6 nitrogen and oxygen atoms in total. The number of alkyl carbamates (subject to hydrolysis) is 1. The third-order valence-corrected chi connectivity index (χ3v) is 6.72. The first-order valence-corrected chi connectivity index (χ1v) is 12.9. The molecule has 4 rings (SSSR count). The van der Waals surface area contributed by atoms with E-state index >= 15 is 0 Å². The molecule has 0 unspecified atom stereocenters. The van der Waals surface area contributed by atoms with E-state index in [1.54, 1.807) is 18.9 Å². The molecule has 1 aliphatic carbocycles. The predicted molar refractivity (Wildman–Crippen MR) is 145 cm³/mol. The van der Waals surface area contributed by atoms with Gasteiger partial charge in [-0.2, -0.15) is 11.8 Å². The van der Waals surface area contributed by atoms with E-state index in [0.717, 1.165) is 33.6 Å². The van der Waals surface area contributed by atoms with Crippen LogP contribution in [0.4, 0.5) is 4.79 Å². The molecule has 0 aliphatic heterocycles. The fourth-order valence-corrected chi connectivity index (χ4v) is 4.72. The van der Waals surface area contributed by atoms with Crippen molar-refractivity contribution in [2.75, 3.05) is 25.7 Å². The summed E-state index contributed by atoms with van der Waals surface area (Å²) < 4.78 is 16.2. The molecule has 0 aromatic heterocycles. The molecule has 0 fully saturated rings. The smallest absolute Gasteiger partial charge is 0.407 e. The lowest BCUT2D eigenvalue weighted by atomic mass is 9.98. The lowest BCUT2D eigenvalue weighted by molar-refractivity contribution is -0.147. The van der Waals surface area contributed by atoms with E-state index in [1.165, 1.54) is 0 Å². The molecule has 0 saturated carbocycles. The van der Waals surface area contributed by atoms with Crippen LogP contribution in [0.1, 0.15) is 36.5 Å². The van der Waals surface area contributed by atoms with Gasteiger partial charge in [0.05, 0.1) is 7.11 Å². The third kappa shape index (κ3) is 6.40.